The number of anilines is 1. The number of hydrogen-bond acceptors (Lipinski definition) is 3. The molecule has 5 heteroatoms. The van der Waals surface area contributed by atoms with Gasteiger partial charge in [0.1, 0.15) is 0 Å². The van der Waals surface area contributed by atoms with Gasteiger partial charge in [0, 0.05) is 14.1 Å². The van der Waals surface area contributed by atoms with E-state index in [0.29, 0.717) is 6.42 Å². The highest BCUT2D eigenvalue weighted by Crippen LogP contribution is 2.24. The van der Waals surface area contributed by atoms with Gasteiger partial charge in [-0.1, -0.05) is 0 Å². The minimum absolute atomic E-state index is 0.0308. The highest BCUT2D eigenvalue weighted by atomic mass is 16.2. The van der Waals surface area contributed by atoms with Crippen LogP contribution in [0.25, 0.3) is 0 Å². The summed E-state index contributed by atoms with van der Waals surface area (Å²) in [6, 6.07) is -0.382. The zero-order valence-corrected chi connectivity index (χ0v) is 8.40. The molecule has 0 fully saturated rings. The average Bonchev–Trinajstić information content (AvgIpc) is 2.49. The molecule has 2 heterocycles. The minimum Gasteiger partial charge on any atom is -0.320 e. The van der Waals surface area contributed by atoms with Gasteiger partial charge in [0.15, 0.2) is 0 Å². The molecular weight excluding hydrogens is 180 g/mol. The SMILES string of the molecule is CN1C(=O)C(N)CCc2c1cnn2C. The maximum absolute atomic E-state index is 11.7. The summed E-state index contributed by atoms with van der Waals surface area (Å²) in [4.78, 5) is 13.3. The van der Waals surface area contributed by atoms with Crippen LogP contribution < -0.4 is 10.6 Å². The molecule has 0 aliphatic carbocycles. The van der Waals surface area contributed by atoms with Gasteiger partial charge in [-0.05, 0) is 12.8 Å². The monoisotopic (exact) mass is 194 g/mol. The lowest BCUT2D eigenvalue weighted by Gasteiger charge is -2.16. The number of fused-ring (bicyclic) bond motifs is 1. The van der Waals surface area contributed by atoms with Crippen LogP contribution in [0.3, 0.4) is 0 Å². The van der Waals surface area contributed by atoms with E-state index in [1.165, 1.54) is 0 Å². The van der Waals surface area contributed by atoms with Crippen molar-refractivity contribution in [3.63, 3.8) is 0 Å². The van der Waals surface area contributed by atoms with Crippen molar-refractivity contribution in [1.29, 1.82) is 0 Å². The largest absolute Gasteiger partial charge is 0.320 e. The number of carbonyl (C=O) groups is 1. The van der Waals surface area contributed by atoms with Gasteiger partial charge < -0.3 is 10.6 Å². The second-order valence-electron chi connectivity index (χ2n) is 3.64. The molecule has 0 saturated carbocycles. The van der Waals surface area contributed by atoms with E-state index < -0.39 is 0 Å². The van der Waals surface area contributed by atoms with Gasteiger partial charge in [-0.25, -0.2) is 0 Å². The van der Waals surface area contributed by atoms with E-state index in [9.17, 15) is 4.79 Å². The van der Waals surface area contributed by atoms with Crippen LogP contribution in [0.4, 0.5) is 5.69 Å². The lowest BCUT2D eigenvalue weighted by molar-refractivity contribution is -0.119. The fourth-order valence-corrected chi connectivity index (χ4v) is 1.80. The predicted molar refractivity (Wildman–Crippen MR) is 52.9 cm³/mol. The molecule has 1 atom stereocenters. The van der Waals surface area contributed by atoms with Gasteiger partial charge in [0.25, 0.3) is 0 Å². The molecule has 0 saturated heterocycles. The number of amides is 1. The molecule has 2 rings (SSSR count). The van der Waals surface area contributed by atoms with Crippen molar-refractivity contribution in [2.75, 3.05) is 11.9 Å². The number of rotatable bonds is 0. The summed E-state index contributed by atoms with van der Waals surface area (Å²) < 4.78 is 1.80. The predicted octanol–water partition coefficient (Wildman–Crippen LogP) is -0.344. The number of hydrogen-bond donors (Lipinski definition) is 1. The molecule has 1 aromatic rings. The Hall–Kier alpha value is -1.36. The molecular formula is C9H14N4O. The number of aryl methyl sites for hydroxylation is 1. The first-order valence-corrected chi connectivity index (χ1v) is 4.65. The third-order valence-corrected chi connectivity index (χ3v) is 2.74. The summed E-state index contributed by atoms with van der Waals surface area (Å²) in [6.07, 6.45) is 3.21. The summed E-state index contributed by atoms with van der Waals surface area (Å²) in [5.41, 5.74) is 7.69. The van der Waals surface area contributed by atoms with Crippen LogP contribution in [0.2, 0.25) is 0 Å². The van der Waals surface area contributed by atoms with Crippen LogP contribution in [-0.2, 0) is 18.3 Å². The van der Waals surface area contributed by atoms with Gasteiger partial charge in [-0.2, -0.15) is 5.10 Å². The van der Waals surface area contributed by atoms with Crippen molar-refractivity contribution in [3.8, 4) is 0 Å². The Morgan fingerprint density at radius 2 is 2.29 bits per heavy atom. The molecule has 1 unspecified atom stereocenters. The Balaban J connectivity index is 2.45. The van der Waals surface area contributed by atoms with E-state index in [2.05, 4.69) is 5.10 Å². The fourth-order valence-electron chi connectivity index (χ4n) is 1.80. The van der Waals surface area contributed by atoms with E-state index in [0.717, 1.165) is 17.8 Å². The third-order valence-electron chi connectivity index (χ3n) is 2.74. The molecule has 14 heavy (non-hydrogen) atoms. The Morgan fingerprint density at radius 1 is 1.57 bits per heavy atom. The number of nitrogens with two attached hydrogens (primary N) is 1. The number of carbonyl (C=O) groups excluding carboxylic acids is 1. The van der Waals surface area contributed by atoms with Gasteiger partial charge in [-0.3, -0.25) is 9.48 Å². The van der Waals surface area contributed by atoms with E-state index >= 15 is 0 Å². The molecule has 1 aromatic heterocycles. The van der Waals surface area contributed by atoms with E-state index in [1.807, 2.05) is 7.05 Å². The Kier molecular flexibility index (Phi) is 2.03. The standard InChI is InChI=1S/C9H14N4O/c1-12-8-5-11-13(2)7(8)4-3-6(10)9(12)14/h5-6H,3-4,10H2,1-2H3. The maximum atomic E-state index is 11.7. The van der Waals surface area contributed by atoms with E-state index in [1.54, 1.807) is 22.8 Å². The molecule has 0 bridgehead atoms. The third kappa shape index (κ3) is 1.21. The molecule has 2 N–H and O–H groups in total. The van der Waals surface area contributed by atoms with Crippen LogP contribution in [-0.4, -0.2) is 28.8 Å². The topological polar surface area (TPSA) is 64.2 Å². The van der Waals surface area contributed by atoms with Crippen molar-refractivity contribution in [3.05, 3.63) is 11.9 Å². The fraction of sp³-hybridized carbons (Fsp3) is 0.556. The van der Waals surface area contributed by atoms with Crippen molar-refractivity contribution >= 4 is 11.6 Å². The normalized spacial score (nSPS) is 22.1. The summed E-state index contributed by atoms with van der Waals surface area (Å²) >= 11 is 0. The zero-order chi connectivity index (χ0) is 10.3. The molecule has 1 aliphatic heterocycles. The first-order valence-electron chi connectivity index (χ1n) is 4.65. The highest BCUT2D eigenvalue weighted by Gasteiger charge is 2.27. The Bertz CT molecular complexity index is 371. The van der Waals surface area contributed by atoms with Gasteiger partial charge in [-0.15, -0.1) is 0 Å². The molecule has 0 radical (unpaired) electrons. The van der Waals surface area contributed by atoms with Crippen LogP contribution in [0, 0.1) is 0 Å². The summed E-state index contributed by atoms with van der Waals surface area (Å²) in [7, 11) is 3.63. The highest BCUT2D eigenvalue weighted by molar-refractivity contribution is 5.97. The minimum atomic E-state index is -0.382. The first-order chi connectivity index (χ1) is 6.61. The molecule has 0 spiro atoms. The van der Waals surface area contributed by atoms with Crippen molar-refractivity contribution in [2.24, 2.45) is 12.8 Å². The van der Waals surface area contributed by atoms with Crippen molar-refractivity contribution < 1.29 is 4.79 Å². The summed E-state index contributed by atoms with van der Waals surface area (Å²) in [6.45, 7) is 0. The van der Waals surface area contributed by atoms with Crippen LogP contribution >= 0.6 is 0 Å². The van der Waals surface area contributed by atoms with Gasteiger partial charge in [0.05, 0.1) is 23.6 Å². The van der Waals surface area contributed by atoms with Gasteiger partial charge >= 0.3 is 0 Å². The zero-order valence-electron chi connectivity index (χ0n) is 8.40. The lowest BCUT2D eigenvalue weighted by atomic mass is 10.1. The number of nitrogens with zero attached hydrogens (tertiary/aromatic N) is 3. The Labute approximate surface area is 82.5 Å². The first kappa shape index (κ1) is 9.21. The maximum Gasteiger partial charge on any atom is 0.243 e. The van der Waals surface area contributed by atoms with Crippen molar-refractivity contribution in [1.82, 2.24) is 9.78 Å². The second kappa shape index (κ2) is 3.09. The summed E-state index contributed by atoms with van der Waals surface area (Å²) in [5, 5.41) is 4.13. The van der Waals surface area contributed by atoms with Gasteiger partial charge in [0.2, 0.25) is 5.91 Å². The lowest BCUT2D eigenvalue weighted by Crippen LogP contribution is -2.40. The summed E-state index contributed by atoms with van der Waals surface area (Å²) in [5.74, 6) is -0.0308. The Morgan fingerprint density at radius 3 is 3.00 bits per heavy atom. The molecule has 5 nitrogen and oxygen atoms in total. The number of aromatic nitrogens is 2. The molecule has 1 amide bonds. The van der Waals surface area contributed by atoms with Crippen LogP contribution in [0.15, 0.2) is 6.20 Å². The number of likely N-dealkylation sites (N-methyl/N-ethyl adjacent to an activating group) is 1. The van der Waals surface area contributed by atoms with Crippen molar-refractivity contribution in [2.45, 2.75) is 18.9 Å². The van der Waals surface area contributed by atoms with Crippen LogP contribution in [0.5, 0.6) is 0 Å². The quantitative estimate of drug-likeness (QED) is 0.614. The van der Waals surface area contributed by atoms with Crippen LogP contribution in [0.1, 0.15) is 12.1 Å². The molecule has 0 aromatic carbocycles. The second-order valence-corrected chi connectivity index (χ2v) is 3.64. The molecule has 76 valence electrons. The smallest absolute Gasteiger partial charge is 0.243 e. The van der Waals surface area contributed by atoms with E-state index in [4.69, 9.17) is 5.73 Å². The molecule has 1 aliphatic rings. The van der Waals surface area contributed by atoms with E-state index in [-0.39, 0.29) is 11.9 Å². The average molecular weight is 194 g/mol.